The molecule has 41 heavy (non-hydrogen) atoms. The van der Waals surface area contributed by atoms with Crippen molar-refractivity contribution in [2.75, 3.05) is 16.2 Å². The summed E-state index contributed by atoms with van der Waals surface area (Å²) in [6.45, 7) is 2.34. The van der Waals surface area contributed by atoms with E-state index in [0.717, 1.165) is 18.2 Å². The molecule has 1 aliphatic rings. The van der Waals surface area contributed by atoms with Crippen LogP contribution in [0.25, 0.3) is 0 Å². The molecule has 2 atom stereocenters. The molecule has 0 fully saturated rings. The van der Waals surface area contributed by atoms with Gasteiger partial charge in [0.2, 0.25) is 5.60 Å². The number of nitrogens with one attached hydrogen (secondary N) is 1. The number of halogens is 6. The van der Waals surface area contributed by atoms with Gasteiger partial charge in [0.1, 0.15) is 11.9 Å². The third-order valence-corrected chi connectivity index (χ3v) is 8.08. The molecule has 1 amide bonds. The number of nitrogens with zero attached hydrogens (tertiary/aromatic N) is 1. The molecular weight excluding hydrogens is 586 g/mol. The number of sulfonamides is 1. The Bertz CT molecular complexity index is 1410. The van der Waals surface area contributed by atoms with E-state index in [1.165, 1.54) is 12.1 Å². The van der Waals surface area contributed by atoms with Gasteiger partial charge in [0.15, 0.2) is 0 Å². The Morgan fingerprint density at radius 1 is 1.12 bits per heavy atom. The summed E-state index contributed by atoms with van der Waals surface area (Å²) in [6, 6.07) is 6.36. The summed E-state index contributed by atoms with van der Waals surface area (Å²) in [6.07, 6.45) is -12.2. The normalized spacial score (nSPS) is 16.8. The SMILES string of the molecule is CCC(CC1CN(S(=O)(=O)c2cccc(C(F)(F)F)c2)c2cc(NC(=O)OC(C)(C)C(F)(F)F)ccc2O1)C(=O)O. The Morgan fingerprint density at radius 3 is 2.34 bits per heavy atom. The van der Waals surface area contributed by atoms with Crippen LogP contribution in [0.3, 0.4) is 0 Å². The number of benzene rings is 2. The number of aliphatic carboxylic acids is 1. The zero-order chi connectivity index (χ0) is 31.0. The maximum atomic E-state index is 13.6. The average Bonchev–Trinajstić information content (AvgIpc) is 2.85. The number of carboxylic acids is 1. The fourth-order valence-corrected chi connectivity index (χ4v) is 5.44. The fourth-order valence-electron chi connectivity index (χ4n) is 3.89. The summed E-state index contributed by atoms with van der Waals surface area (Å²) in [5.74, 6) is -2.20. The molecule has 0 bridgehead atoms. The molecule has 0 spiro atoms. The van der Waals surface area contributed by atoms with Crippen LogP contribution < -0.4 is 14.4 Å². The van der Waals surface area contributed by atoms with Gasteiger partial charge in [0.25, 0.3) is 10.0 Å². The highest BCUT2D eigenvalue weighted by Gasteiger charge is 2.51. The van der Waals surface area contributed by atoms with Crippen LogP contribution in [0.5, 0.6) is 5.75 Å². The number of amides is 1. The van der Waals surface area contributed by atoms with E-state index in [2.05, 4.69) is 10.1 Å². The molecule has 9 nitrogen and oxygen atoms in total. The Morgan fingerprint density at radius 2 is 1.78 bits per heavy atom. The number of fused-ring (bicyclic) bond motifs is 1. The number of hydrogen-bond donors (Lipinski definition) is 2. The number of alkyl halides is 6. The van der Waals surface area contributed by atoms with Crippen LogP contribution in [0.4, 0.5) is 42.5 Å². The third kappa shape index (κ3) is 7.15. The van der Waals surface area contributed by atoms with E-state index in [1.807, 2.05) is 0 Å². The molecule has 2 aromatic carbocycles. The average molecular weight is 613 g/mol. The van der Waals surface area contributed by atoms with Gasteiger partial charge in [-0.05, 0) is 63.1 Å². The highest BCUT2D eigenvalue weighted by Crippen LogP contribution is 2.41. The number of rotatable bonds is 8. The van der Waals surface area contributed by atoms with E-state index in [4.69, 9.17) is 4.74 Å². The van der Waals surface area contributed by atoms with E-state index >= 15 is 0 Å². The van der Waals surface area contributed by atoms with E-state index in [1.54, 1.807) is 6.92 Å². The maximum absolute atomic E-state index is 13.6. The van der Waals surface area contributed by atoms with Gasteiger partial charge in [0.05, 0.1) is 28.6 Å². The van der Waals surface area contributed by atoms with Crippen LogP contribution in [-0.4, -0.2) is 50.0 Å². The van der Waals surface area contributed by atoms with E-state index in [9.17, 15) is 49.5 Å². The summed E-state index contributed by atoms with van der Waals surface area (Å²) >= 11 is 0. The molecule has 1 heterocycles. The minimum Gasteiger partial charge on any atom is -0.486 e. The molecule has 0 aliphatic carbocycles. The van der Waals surface area contributed by atoms with Gasteiger partial charge < -0.3 is 14.6 Å². The second kappa shape index (κ2) is 11.3. The Kier molecular flexibility index (Phi) is 8.77. The van der Waals surface area contributed by atoms with E-state index < -0.39 is 69.1 Å². The quantitative estimate of drug-likeness (QED) is 0.348. The van der Waals surface area contributed by atoms with Gasteiger partial charge in [-0.2, -0.15) is 26.3 Å². The molecule has 3 rings (SSSR count). The molecular formula is C25H26F6N2O7S. The van der Waals surface area contributed by atoms with Crippen LogP contribution >= 0.6 is 0 Å². The summed E-state index contributed by atoms with van der Waals surface area (Å²) in [5, 5.41) is 11.5. The minimum absolute atomic E-state index is 0.119. The first-order chi connectivity index (χ1) is 18.8. The molecule has 16 heteroatoms. The van der Waals surface area contributed by atoms with Crippen LogP contribution in [0.2, 0.25) is 0 Å². The van der Waals surface area contributed by atoms with Crippen LogP contribution in [0.15, 0.2) is 47.4 Å². The fraction of sp³-hybridized carbons (Fsp3) is 0.440. The number of hydrogen-bond acceptors (Lipinski definition) is 6. The standard InChI is InChI=1S/C25H26F6N2O7S/c1-4-14(21(34)35)10-17-13-33(41(37,38)18-7-5-6-15(11-18)24(26,27)28)19-12-16(8-9-20(19)39-17)32-22(36)40-23(2,3)25(29,30)31/h5-9,11-12,14,17H,4,10,13H2,1-3H3,(H,32,36)(H,34,35). The topological polar surface area (TPSA) is 122 Å². The number of carbonyl (C=O) groups is 2. The van der Waals surface area contributed by atoms with Crippen molar-refractivity contribution in [2.45, 2.75) is 62.6 Å². The molecule has 226 valence electrons. The van der Waals surface area contributed by atoms with Gasteiger partial charge in [-0.15, -0.1) is 0 Å². The lowest BCUT2D eigenvalue weighted by molar-refractivity contribution is -0.242. The zero-order valence-corrected chi connectivity index (χ0v) is 22.7. The first kappa shape index (κ1) is 31.8. The van der Waals surface area contributed by atoms with Crippen molar-refractivity contribution in [2.24, 2.45) is 5.92 Å². The van der Waals surface area contributed by atoms with Crippen molar-refractivity contribution >= 4 is 33.5 Å². The lowest BCUT2D eigenvalue weighted by Gasteiger charge is -2.36. The molecule has 1 aliphatic heterocycles. The second-order valence-electron chi connectivity index (χ2n) is 9.69. The van der Waals surface area contributed by atoms with Gasteiger partial charge in [0, 0.05) is 5.69 Å². The van der Waals surface area contributed by atoms with Crippen molar-refractivity contribution in [3.63, 3.8) is 0 Å². The molecule has 2 aromatic rings. The van der Waals surface area contributed by atoms with E-state index in [0.29, 0.717) is 30.3 Å². The summed E-state index contributed by atoms with van der Waals surface area (Å²) in [4.78, 5) is 23.0. The number of carbonyl (C=O) groups excluding carboxylic acids is 1. The predicted octanol–water partition coefficient (Wildman–Crippen LogP) is 6.05. The highest BCUT2D eigenvalue weighted by molar-refractivity contribution is 7.92. The summed E-state index contributed by atoms with van der Waals surface area (Å²) < 4.78 is 118. The molecule has 2 unspecified atom stereocenters. The molecule has 0 radical (unpaired) electrons. The van der Waals surface area contributed by atoms with Crippen molar-refractivity contribution in [1.82, 2.24) is 0 Å². The summed E-state index contributed by atoms with van der Waals surface area (Å²) in [5.41, 5.74) is -4.56. The minimum atomic E-state index is -4.90. The first-order valence-electron chi connectivity index (χ1n) is 12.1. The van der Waals surface area contributed by atoms with E-state index in [-0.39, 0.29) is 30.0 Å². The Hall–Kier alpha value is -3.69. The van der Waals surface area contributed by atoms with Crippen LogP contribution in [-0.2, 0) is 25.7 Å². The Labute approximate surface area is 231 Å². The molecule has 0 aromatic heterocycles. The maximum Gasteiger partial charge on any atom is 0.427 e. The van der Waals surface area contributed by atoms with Crippen molar-refractivity contribution in [3.05, 3.63) is 48.0 Å². The number of anilines is 2. The lowest BCUT2D eigenvalue weighted by atomic mass is 9.98. The van der Waals surface area contributed by atoms with Crippen molar-refractivity contribution in [1.29, 1.82) is 0 Å². The largest absolute Gasteiger partial charge is 0.486 e. The smallest absolute Gasteiger partial charge is 0.427 e. The van der Waals surface area contributed by atoms with Gasteiger partial charge in [-0.3, -0.25) is 14.4 Å². The highest BCUT2D eigenvalue weighted by atomic mass is 32.2. The van der Waals surface area contributed by atoms with Gasteiger partial charge in [-0.25, -0.2) is 13.2 Å². The second-order valence-corrected chi connectivity index (χ2v) is 11.5. The lowest BCUT2D eigenvalue weighted by Crippen LogP contribution is -2.45. The van der Waals surface area contributed by atoms with Gasteiger partial charge >= 0.3 is 24.4 Å². The molecule has 2 N–H and O–H groups in total. The van der Waals surface area contributed by atoms with Crippen LogP contribution in [0.1, 0.15) is 39.2 Å². The van der Waals surface area contributed by atoms with Crippen molar-refractivity contribution < 1.29 is 58.9 Å². The third-order valence-electron chi connectivity index (χ3n) is 6.31. The monoisotopic (exact) mass is 612 g/mol. The van der Waals surface area contributed by atoms with Crippen LogP contribution in [0, 0.1) is 5.92 Å². The zero-order valence-electron chi connectivity index (χ0n) is 21.8. The summed E-state index contributed by atoms with van der Waals surface area (Å²) in [7, 11) is -4.73. The Balaban J connectivity index is 2.03. The first-order valence-corrected chi connectivity index (χ1v) is 13.5. The van der Waals surface area contributed by atoms with Gasteiger partial charge in [-0.1, -0.05) is 13.0 Å². The molecule has 0 saturated carbocycles. The number of carboxylic acid groups (broad SMARTS) is 1. The number of ether oxygens (including phenoxy) is 2. The predicted molar refractivity (Wildman–Crippen MR) is 133 cm³/mol. The molecule has 0 saturated heterocycles. The van der Waals surface area contributed by atoms with Crippen molar-refractivity contribution in [3.8, 4) is 5.75 Å².